The summed E-state index contributed by atoms with van der Waals surface area (Å²) in [5.74, 6) is 1.21. The average molecular weight is 363 g/mol. The number of aromatic nitrogens is 4. The van der Waals surface area contributed by atoms with Gasteiger partial charge in [0.05, 0.1) is 30.9 Å². The van der Waals surface area contributed by atoms with Crippen molar-refractivity contribution in [1.29, 1.82) is 0 Å². The highest BCUT2D eigenvalue weighted by Crippen LogP contribution is 2.33. The number of likely N-dealkylation sites (tertiary alicyclic amines) is 1. The summed E-state index contributed by atoms with van der Waals surface area (Å²) in [6.45, 7) is 6.28. The maximum Gasteiger partial charge on any atom is 0.198 e. The SMILES string of the molecule is COc1cc(C)cc(C)c1-c1cnc2ncc([C@@H]3CCCN(C)C3)nc2n1. The van der Waals surface area contributed by atoms with E-state index < -0.39 is 0 Å². The fraction of sp³-hybridized carbons (Fsp3) is 0.429. The Morgan fingerprint density at radius 2 is 1.89 bits per heavy atom. The zero-order valence-corrected chi connectivity index (χ0v) is 16.4. The number of piperidine rings is 1. The summed E-state index contributed by atoms with van der Waals surface area (Å²) in [5, 5.41) is 0. The molecule has 140 valence electrons. The van der Waals surface area contributed by atoms with Crippen LogP contribution < -0.4 is 4.74 Å². The summed E-state index contributed by atoms with van der Waals surface area (Å²) in [7, 11) is 3.84. The van der Waals surface area contributed by atoms with Gasteiger partial charge in [0.25, 0.3) is 0 Å². The molecule has 1 aliphatic rings. The van der Waals surface area contributed by atoms with Crippen LogP contribution in [0, 0.1) is 13.8 Å². The van der Waals surface area contributed by atoms with E-state index in [1.54, 1.807) is 13.3 Å². The molecule has 3 heterocycles. The Morgan fingerprint density at radius 3 is 2.67 bits per heavy atom. The summed E-state index contributed by atoms with van der Waals surface area (Å²) in [6.07, 6.45) is 5.94. The van der Waals surface area contributed by atoms with E-state index in [2.05, 4.69) is 41.8 Å². The zero-order valence-electron chi connectivity index (χ0n) is 16.4. The fourth-order valence-corrected chi connectivity index (χ4v) is 3.96. The monoisotopic (exact) mass is 363 g/mol. The molecule has 0 N–H and O–H groups in total. The molecule has 0 amide bonds. The zero-order chi connectivity index (χ0) is 19.0. The van der Waals surface area contributed by atoms with E-state index in [9.17, 15) is 0 Å². The van der Waals surface area contributed by atoms with Gasteiger partial charge in [0.1, 0.15) is 5.75 Å². The van der Waals surface area contributed by atoms with Crippen LogP contribution in [0.1, 0.15) is 35.6 Å². The van der Waals surface area contributed by atoms with Crippen molar-refractivity contribution in [2.75, 3.05) is 27.2 Å². The van der Waals surface area contributed by atoms with E-state index in [0.29, 0.717) is 17.2 Å². The lowest BCUT2D eigenvalue weighted by atomic mass is 9.95. The van der Waals surface area contributed by atoms with Crippen LogP contribution in [-0.2, 0) is 0 Å². The smallest absolute Gasteiger partial charge is 0.198 e. The van der Waals surface area contributed by atoms with Gasteiger partial charge in [0.15, 0.2) is 11.3 Å². The standard InChI is InChI=1S/C21H25N5O/c1-13-8-14(2)19(18(9-13)27-4)17-11-23-20-21(25-17)24-16(10-22-20)15-6-5-7-26(3)12-15/h8-11,15H,5-7,12H2,1-4H3/t15-/m1/s1. The van der Waals surface area contributed by atoms with Gasteiger partial charge in [-0.15, -0.1) is 0 Å². The van der Waals surface area contributed by atoms with Crippen molar-refractivity contribution in [1.82, 2.24) is 24.8 Å². The molecule has 0 spiro atoms. The molecule has 0 aliphatic carbocycles. The molecule has 0 saturated carbocycles. The van der Waals surface area contributed by atoms with Gasteiger partial charge in [-0.3, -0.25) is 0 Å². The fourth-order valence-electron chi connectivity index (χ4n) is 3.96. The molecule has 1 aliphatic heterocycles. The Hall–Kier alpha value is -2.60. The maximum absolute atomic E-state index is 5.59. The molecule has 27 heavy (non-hydrogen) atoms. The molecule has 4 rings (SSSR count). The number of methoxy groups -OCH3 is 1. The Kier molecular flexibility index (Phi) is 4.74. The number of rotatable bonds is 3. The van der Waals surface area contributed by atoms with Crippen molar-refractivity contribution in [2.45, 2.75) is 32.6 Å². The molecule has 1 saturated heterocycles. The second-order valence-corrected chi connectivity index (χ2v) is 7.46. The van der Waals surface area contributed by atoms with Crippen molar-refractivity contribution in [3.8, 4) is 17.0 Å². The third-order valence-electron chi connectivity index (χ3n) is 5.25. The first-order valence-electron chi connectivity index (χ1n) is 9.39. The van der Waals surface area contributed by atoms with Gasteiger partial charge in [-0.05, 0) is 57.5 Å². The molecular weight excluding hydrogens is 338 g/mol. The number of likely N-dealkylation sites (N-methyl/N-ethyl adjacent to an activating group) is 1. The highest BCUT2D eigenvalue weighted by molar-refractivity contribution is 5.75. The van der Waals surface area contributed by atoms with Gasteiger partial charge < -0.3 is 9.64 Å². The van der Waals surface area contributed by atoms with Crippen LogP contribution in [0.25, 0.3) is 22.6 Å². The van der Waals surface area contributed by atoms with Crippen LogP contribution in [0.4, 0.5) is 0 Å². The van der Waals surface area contributed by atoms with E-state index in [0.717, 1.165) is 53.3 Å². The lowest BCUT2D eigenvalue weighted by Crippen LogP contribution is -2.31. The maximum atomic E-state index is 5.59. The third kappa shape index (κ3) is 3.49. The summed E-state index contributed by atoms with van der Waals surface area (Å²) in [5.41, 5.74) is 6.18. The van der Waals surface area contributed by atoms with Gasteiger partial charge >= 0.3 is 0 Å². The second kappa shape index (κ2) is 7.19. The van der Waals surface area contributed by atoms with Crippen LogP contribution in [0.15, 0.2) is 24.5 Å². The van der Waals surface area contributed by atoms with Gasteiger partial charge in [0.2, 0.25) is 0 Å². The van der Waals surface area contributed by atoms with Crippen molar-refractivity contribution < 1.29 is 4.74 Å². The van der Waals surface area contributed by atoms with Gasteiger partial charge in [0, 0.05) is 18.0 Å². The number of aryl methyl sites for hydroxylation is 2. The average Bonchev–Trinajstić information content (AvgIpc) is 2.66. The minimum atomic E-state index is 0.404. The topological polar surface area (TPSA) is 64.0 Å². The van der Waals surface area contributed by atoms with Gasteiger partial charge in [-0.1, -0.05) is 6.07 Å². The molecule has 0 bridgehead atoms. The van der Waals surface area contributed by atoms with Crippen LogP contribution in [0.5, 0.6) is 5.75 Å². The lowest BCUT2D eigenvalue weighted by Gasteiger charge is -2.29. The first kappa shape index (κ1) is 17.8. The number of benzene rings is 1. The first-order valence-corrected chi connectivity index (χ1v) is 9.39. The van der Waals surface area contributed by atoms with Crippen LogP contribution in [0.3, 0.4) is 0 Å². The Balaban J connectivity index is 1.78. The van der Waals surface area contributed by atoms with Gasteiger partial charge in [-0.25, -0.2) is 19.9 Å². The Bertz CT molecular complexity index is 988. The lowest BCUT2D eigenvalue weighted by molar-refractivity contribution is 0.248. The number of fused-ring (bicyclic) bond motifs is 1. The summed E-state index contributed by atoms with van der Waals surface area (Å²) in [4.78, 5) is 21.0. The number of hydrogen-bond donors (Lipinski definition) is 0. The summed E-state index contributed by atoms with van der Waals surface area (Å²) in [6, 6.07) is 4.15. The minimum Gasteiger partial charge on any atom is -0.496 e. The predicted molar refractivity (Wildman–Crippen MR) is 106 cm³/mol. The quantitative estimate of drug-likeness (QED) is 0.709. The van der Waals surface area contributed by atoms with Crippen LogP contribution in [-0.4, -0.2) is 52.1 Å². The van der Waals surface area contributed by atoms with E-state index in [4.69, 9.17) is 14.7 Å². The molecule has 0 unspecified atom stereocenters. The van der Waals surface area contributed by atoms with Crippen LogP contribution in [0.2, 0.25) is 0 Å². The summed E-state index contributed by atoms with van der Waals surface area (Å²) < 4.78 is 5.59. The summed E-state index contributed by atoms with van der Waals surface area (Å²) >= 11 is 0. The molecule has 0 radical (unpaired) electrons. The molecule has 6 nitrogen and oxygen atoms in total. The molecule has 3 aromatic rings. The van der Waals surface area contributed by atoms with Crippen molar-refractivity contribution in [2.24, 2.45) is 0 Å². The van der Waals surface area contributed by atoms with Crippen molar-refractivity contribution in [3.63, 3.8) is 0 Å². The van der Waals surface area contributed by atoms with E-state index in [1.165, 1.54) is 6.42 Å². The molecule has 1 aromatic carbocycles. The number of ether oxygens (including phenoxy) is 1. The molecular formula is C21H25N5O. The van der Waals surface area contributed by atoms with E-state index >= 15 is 0 Å². The molecule has 1 fully saturated rings. The first-order chi connectivity index (χ1) is 13.0. The highest BCUT2D eigenvalue weighted by Gasteiger charge is 2.21. The van der Waals surface area contributed by atoms with Crippen molar-refractivity contribution in [3.05, 3.63) is 41.3 Å². The van der Waals surface area contributed by atoms with Crippen LogP contribution >= 0.6 is 0 Å². The number of nitrogens with zero attached hydrogens (tertiary/aromatic N) is 5. The molecule has 2 aromatic heterocycles. The van der Waals surface area contributed by atoms with Gasteiger partial charge in [-0.2, -0.15) is 0 Å². The normalized spacial score (nSPS) is 18.0. The van der Waals surface area contributed by atoms with E-state index in [-0.39, 0.29) is 0 Å². The third-order valence-corrected chi connectivity index (χ3v) is 5.25. The van der Waals surface area contributed by atoms with Crippen molar-refractivity contribution >= 4 is 11.3 Å². The number of hydrogen-bond acceptors (Lipinski definition) is 6. The largest absolute Gasteiger partial charge is 0.496 e. The Labute approximate surface area is 159 Å². The highest BCUT2D eigenvalue weighted by atomic mass is 16.5. The molecule has 6 heteroatoms. The molecule has 1 atom stereocenters. The minimum absolute atomic E-state index is 0.404. The predicted octanol–water partition coefficient (Wildman–Crippen LogP) is 3.52. The van der Waals surface area contributed by atoms with E-state index in [1.807, 2.05) is 12.3 Å². The Morgan fingerprint density at radius 1 is 1.07 bits per heavy atom. The second-order valence-electron chi connectivity index (χ2n) is 7.46.